The largest absolute Gasteiger partial charge is 0.382 e. The second-order valence-corrected chi connectivity index (χ2v) is 7.79. The molecule has 1 aliphatic carbocycles. The highest BCUT2D eigenvalue weighted by Crippen LogP contribution is 2.26. The molecule has 1 heterocycles. The molecule has 0 unspecified atom stereocenters. The van der Waals surface area contributed by atoms with Gasteiger partial charge >= 0.3 is 0 Å². The van der Waals surface area contributed by atoms with Crippen molar-refractivity contribution in [2.75, 3.05) is 38.5 Å². The van der Waals surface area contributed by atoms with Gasteiger partial charge in [0.2, 0.25) is 0 Å². The van der Waals surface area contributed by atoms with Gasteiger partial charge in [-0.3, -0.25) is 4.79 Å². The Morgan fingerprint density at radius 2 is 1.96 bits per heavy atom. The topological polar surface area (TPSA) is 35.6 Å². The molecule has 0 bridgehead atoms. The Kier molecular flexibility index (Phi) is 6.35. The molecule has 25 heavy (non-hydrogen) atoms. The van der Waals surface area contributed by atoms with Crippen LogP contribution in [0.15, 0.2) is 24.3 Å². The third-order valence-electron chi connectivity index (χ3n) is 5.81. The number of rotatable bonds is 6. The molecule has 1 atom stereocenters. The van der Waals surface area contributed by atoms with E-state index in [1.54, 1.807) is 0 Å². The lowest BCUT2D eigenvalue weighted by Crippen LogP contribution is -2.32. The van der Waals surface area contributed by atoms with Crippen LogP contribution in [0.4, 0.5) is 5.69 Å². The smallest absolute Gasteiger partial charge is 0.255 e. The molecule has 1 N–H and O–H groups in total. The number of likely N-dealkylation sites (tertiary alicyclic amines) is 1. The van der Waals surface area contributed by atoms with Gasteiger partial charge in [-0.15, -0.1) is 0 Å². The average molecular weight is 344 g/mol. The molecule has 1 aromatic carbocycles. The van der Waals surface area contributed by atoms with Crippen molar-refractivity contribution in [1.29, 1.82) is 0 Å². The van der Waals surface area contributed by atoms with Gasteiger partial charge in [0, 0.05) is 31.4 Å². The maximum atomic E-state index is 13.1. The second kappa shape index (κ2) is 8.70. The SMILES string of the molecule is CCN(C)C[C@@H]1CCN(C(=O)c2ccccc2NC2CCCCC2)C1. The first kappa shape index (κ1) is 18.2. The van der Waals surface area contributed by atoms with E-state index in [0.717, 1.165) is 43.9 Å². The molecule has 4 nitrogen and oxygen atoms in total. The number of anilines is 1. The van der Waals surface area contributed by atoms with E-state index in [2.05, 4.69) is 35.2 Å². The number of nitrogens with zero attached hydrogens (tertiary/aromatic N) is 2. The van der Waals surface area contributed by atoms with Crippen molar-refractivity contribution in [3.8, 4) is 0 Å². The minimum absolute atomic E-state index is 0.195. The number of nitrogens with one attached hydrogen (secondary N) is 1. The zero-order valence-corrected chi connectivity index (χ0v) is 15.8. The van der Waals surface area contributed by atoms with Crippen molar-refractivity contribution in [2.45, 2.75) is 51.5 Å². The van der Waals surface area contributed by atoms with E-state index in [1.807, 2.05) is 18.2 Å². The number of hydrogen-bond acceptors (Lipinski definition) is 3. The van der Waals surface area contributed by atoms with E-state index < -0.39 is 0 Å². The van der Waals surface area contributed by atoms with Crippen LogP contribution in [-0.2, 0) is 0 Å². The summed E-state index contributed by atoms with van der Waals surface area (Å²) in [6.07, 6.45) is 7.50. The van der Waals surface area contributed by atoms with Crippen molar-refractivity contribution in [3.05, 3.63) is 29.8 Å². The quantitative estimate of drug-likeness (QED) is 0.852. The van der Waals surface area contributed by atoms with Crippen molar-refractivity contribution in [1.82, 2.24) is 9.80 Å². The lowest BCUT2D eigenvalue weighted by atomic mass is 9.95. The van der Waals surface area contributed by atoms with E-state index in [4.69, 9.17) is 0 Å². The Labute approximate surface area is 152 Å². The van der Waals surface area contributed by atoms with Gasteiger partial charge in [-0.25, -0.2) is 0 Å². The van der Waals surface area contributed by atoms with Gasteiger partial charge in [0.05, 0.1) is 5.56 Å². The standard InChI is InChI=1S/C21H33N3O/c1-3-23(2)15-17-13-14-24(16-17)21(25)19-11-7-8-12-20(19)22-18-9-5-4-6-10-18/h7-8,11-12,17-18,22H,3-6,9-10,13-16H2,1-2H3/t17-/m0/s1. The van der Waals surface area contributed by atoms with Crippen LogP contribution in [-0.4, -0.2) is 55.0 Å². The highest BCUT2D eigenvalue weighted by molar-refractivity contribution is 5.99. The van der Waals surface area contributed by atoms with Crippen LogP contribution < -0.4 is 5.32 Å². The third kappa shape index (κ3) is 4.75. The molecule has 3 rings (SSSR count). The van der Waals surface area contributed by atoms with Crippen molar-refractivity contribution in [3.63, 3.8) is 0 Å². The van der Waals surface area contributed by atoms with Crippen molar-refractivity contribution in [2.24, 2.45) is 5.92 Å². The lowest BCUT2D eigenvalue weighted by molar-refractivity contribution is 0.0785. The zero-order chi connectivity index (χ0) is 17.6. The molecule has 1 saturated carbocycles. The fourth-order valence-electron chi connectivity index (χ4n) is 4.17. The Morgan fingerprint density at radius 3 is 2.72 bits per heavy atom. The fourth-order valence-corrected chi connectivity index (χ4v) is 4.17. The van der Waals surface area contributed by atoms with Gasteiger partial charge in [0.1, 0.15) is 0 Å². The summed E-state index contributed by atoms with van der Waals surface area (Å²) >= 11 is 0. The average Bonchev–Trinajstić information content (AvgIpc) is 3.11. The Morgan fingerprint density at radius 1 is 1.20 bits per heavy atom. The maximum absolute atomic E-state index is 13.1. The Hall–Kier alpha value is -1.55. The minimum atomic E-state index is 0.195. The summed E-state index contributed by atoms with van der Waals surface area (Å²) < 4.78 is 0. The monoisotopic (exact) mass is 343 g/mol. The van der Waals surface area contributed by atoms with Crippen molar-refractivity contribution >= 4 is 11.6 Å². The number of amides is 1. The van der Waals surface area contributed by atoms with Crippen LogP contribution in [0.5, 0.6) is 0 Å². The number of para-hydroxylation sites is 1. The molecule has 138 valence electrons. The molecule has 2 aliphatic rings. The first-order valence-electron chi connectivity index (χ1n) is 10.0. The lowest BCUT2D eigenvalue weighted by Gasteiger charge is -2.26. The molecular formula is C21H33N3O. The van der Waals surface area contributed by atoms with E-state index in [-0.39, 0.29) is 5.91 Å². The molecule has 1 aliphatic heterocycles. The number of benzene rings is 1. The van der Waals surface area contributed by atoms with Gasteiger partial charge in [0.25, 0.3) is 5.91 Å². The van der Waals surface area contributed by atoms with Crippen molar-refractivity contribution < 1.29 is 4.79 Å². The second-order valence-electron chi connectivity index (χ2n) is 7.79. The molecule has 2 fully saturated rings. The van der Waals surface area contributed by atoms with Crippen LogP contribution in [0.2, 0.25) is 0 Å². The fraction of sp³-hybridized carbons (Fsp3) is 0.667. The summed E-state index contributed by atoms with van der Waals surface area (Å²) in [4.78, 5) is 17.5. The summed E-state index contributed by atoms with van der Waals surface area (Å²) in [6, 6.07) is 8.59. The highest BCUT2D eigenvalue weighted by atomic mass is 16.2. The molecular weight excluding hydrogens is 310 g/mol. The summed E-state index contributed by atoms with van der Waals surface area (Å²) in [5, 5.41) is 3.65. The van der Waals surface area contributed by atoms with E-state index in [0.29, 0.717) is 12.0 Å². The minimum Gasteiger partial charge on any atom is -0.382 e. The van der Waals surface area contributed by atoms with Crippen LogP contribution >= 0.6 is 0 Å². The molecule has 0 aromatic heterocycles. The normalized spacial score (nSPS) is 21.7. The highest BCUT2D eigenvalue weighted by Gasteiger charge is 2.28. The van der Waals surface area contributed by atoms with Crippen LogP contribution in [0, 0.1) is 5.92 Å². The molecule has 1 aromatic rings. The predicted molar refractivity (Wildman–Crippen MR) is 104 cm³/mol. The molecule has 1 saturated heterocycles. The molecule has 0 spiro atoms. The maximum Gasteiger partial charge on any atom is 0.255 e. The molecule has 0 radical (unpaired) electrons. The van der Waals surface area contributed by atoms with Crippen LogP contribution in [0.25, 0.3) is 0 Å². The van der Waals surface area contributed by atoms with Gasteiger partial charge in [-0.05, 0) is 50.9 Å². The zero-order valence-electron chi connectivity index (χ0n) is 15.8. The first-order valence-corrected chi connectivity index (χ1v) is 10.0. The number of carbonyl (C=O) groups is 1. The van der Waals surface area contributed by atoms with Crippen LogP contribution in [0.1, 0.15) is 55.8 Å². The van der Waals surface area contributed by atoms with Gasteiger partial charge in [-0.1, -0.05) is 38.3 Å². The van der Waals surface area contributed by atoms with Gasteiger partial charge in [-0.2, -0.15) is 0 Å². The first-order chi connectivity index (χ1) is 12.2. The van der Waals surface area contributed by atoms with Crippen LogP contribution in [0.3, 0.4) is 0 Å². The molecule has 1 amide bonds. The van der Waals surface area contributed by atoms with E-state index in [1.165, 1.54) is 32.1 Å². The summed E-state index contributed by atoms with van der Waals surface area (Å²) in [6.45, 7) is 6.12. The van der Waals surface area contributed by atoms with E-state index >= 15 is 0 Å². The van der Waals surface area contributed by atoms with E-state index in [9.17, 15) is 4.79 Å². The third-order valence-corrected chi connectivity index (χ3v) is 5.81. The summed E-state index contributed by atoms with van der Waals surface area (Å²) in [5.41, 5.74) is 1.87. The van der Waals surface area contributed by atoms with Gasteiger partial charge < -0.3 is 15.1 Å². The number of carbonyl (C=O) groups excluding carboxylic acids is 1. The Balaban J connectivity index is 1.64. The summed E-state index contributed by atoms with van der Waals surface area (Å²) in [7, 11) is 2.16. The van der Waals surface area contributed by atoms with Gasteiger partial charge in [0.15, 0.2) is 0 Å². The Bertz CT molecular complexity index is 568. The summed E-state index contributed by atoms with van der Waals surface area (Å²) in [5.74, 6) is 0.799. The number of hydrogen-bond donors (Lipinski definition) is 1. The molecule has 4 heteroatoms. The predicted octanol–water partition coefficient (Wildman–Crippen LogP) is 3.85.